The van der Waals surface area contributed by atoms with Crippen LogP contribution in [0.15, 0.2) is 12.2 Å². The van der Waals surface area contributed by atoms with Crippen LogP contribution in [-0.4, -0.2) is 18.7 Å². The van der Waals surface area contributed by atoms with Gasteiger partial charge in [-0.1, -0.05) is 70.4 Å². The maximum Gasteiger partial charge on any atom is 1.00 e. The minimum Gasteiger partial charge on any atom is -0.748 e. The number of allylic oxidation sites excluding steroid dienone is 1. The van der Waals surface area contributed by atoms with Crippen LogP contribution in [0.25, 0.3) is 0 Å². The van der Waals surface area contributed by atoms with Gasteiger partial charge in [0.1, 0.15) is 0 Å². The first-order chi connectivity index (χ1) is 8.56. The molecule has 0 aliphatic carbocycles. The van der Waals surface area contributed by atoms with Crippen LogP contribution in [0.1, 0.15) is 71.1 Å². The number of hydrogen-bond acceptors (Lipinski definition) is 3. The number of hydrogen-bond donors (Lipinski definition) is 0. The van der Waals surface area contributed by atoms with Crippen LogP contribution < -0.4 is 29.6 Å². The van der Waals surface area contributed by atoms with Crippen molar-refractivity contribution in [3.63, 3.8) is 0 Å². The molecule has 0 radical (unpaired) electrons. The molecule has 0 aromatic heterocycles. The molecule has 0 bridgehead atoms. The van der Waals surface area contributed by atoms with E-state index in [1.54, 1.807) is 6.08 Å². The van der Waals surface area contributed by atoms with Gasteiger partial charge in [-0.05, 0) is 12.8 Å². The fourth-order valence-corrected chi connectivity index (χ4v) is 2.25. The summed E-state index contributed by atoms with van der Waals surface area (Å²) < 4.78 is 30.9. The van der Waals surface area contributed by atoms with Crippen molar-refractivity contribution in [3.8, 4) is 0 Å². The third-order valence-electron chi connectivity index (χ3n) is 2.94. The molecule has 0 saturated carbocycles. The van der Waals surface area contributed by atoms with Crippen molar-refractivity contribution in [1.82, 2.24) is 0 Å². The maximum absolute atomic E-state index is 10.3. The van der Waals surface area contributed by atoms with Crippen molar-refractivity contribution < 1.29 is 42.5 Å². The Hall–Kier alpha value is 0.650. The van der Waals surface area contributed by atoms with Crippen molar-refractivity contribution >= 4 is 10.1 Å². The molecule has 0 unspecified atom stereocenters. The van der Waals surface area contributed by atoms with Crippen LogP contribution in [0, 0.1) is 0 Å². The largest absolute Gasteiger partial charge is 1.00 e. The monoisotopic (exact) mass is 298 g/mol. The first-order valence-corrected chi connectivity index (χ1v) is 8.72. The van der Waals surface area contributed by atoms with Crippen LogP contribution in [0.4, 0.5) is 0 Å². The maximum atomic E-state index is 10.3. The second-order valence-corrected chi connectivity index (χ2v) is 6.26. The van der Waals surface area contributed by atoms with Gasteiger partial charge in [0.25, 0.3) is 0 Å². The summed E-state index contributed by atoms with van der Waals surface area (Å²) in [6.45, 7) is 2.23. The van der Waals surface area contributed by atoms with E-state index in [1.807, 2.05) is 0 Å². The minimum absolute atomic E-state index is 0. The molecule has 0 aliphatic heterocycles. The molecule has 0 N–H and O–H groups in total. The van der Waals surface area contributed by atoms with Gasteiger partial charge in [0, 0.05) is 0 Å². The Morgan fingerprint density at radius 2 is 1.32 bits per heavy atom. The van der Waals surface area contributed by atoms with Gasteiger partial charge >= 0.3 is 29.6 Å². The molecule has 0 fully saturated rings. The molecule has 5 heteroatoms. The van der Waals surface area contributed by atoms with Gasteiger partial charge in [-0.3, -0.25) is 0 Å². The van der Waals surface area contributed by atoms with Crippen LogP contribution >= 0.6 is 0 Å². The van der Waals surface area contributed by atoms with Crippen molar-refractivity contribution in [2.24, 2.45) is 0 Å². The Labute approximate surface area is 141 Å². The van der Waals surface area contributed by atoms with Crippen molar-refractivity contribution in [2.75, 3.05) is 5.75 Å². The summed E-state index contributed by atoms with van der Waals surface area (Å²) in [4.78, 5) is 0. The molecular formula is C14H27NaO3S. The molecule has 0 atom stereocenters. The van der Waals surface area contributed by atoms with Crippen LogP contribution in [0.2, 0.25) is 0 Å². The Morgan fingerprint density at radius 1 is 0.842 bits per heavy atom. The van der Waals surface area contributed by atoms with E-state index >= 15 is 0 Å². The summed E-state index contributed by atoms with van der Waals surface area (Å²) in [6, 6.07) is 0. The van der Waals surface area contributed by atoms with Crippen LogP contribution in [0.5, 0.6) is 0 Å². The van der Waals surface area contributed by atoms with E-state index in [4.69, 9.17) is 0 Å². The molecule has 0 spiro atoms. The first-order valence-electron chi connectivity index (χ1n) is 7.15. The van der Waals surface area contributed by atoms with E-state index in [-0.39, 0.29) is 35.3 Å². The van der Waals surface area contributed by atoms with E-state index in [2.05, 4.69) is 6.92 Å². The van der Waals surface area contributed by atoms with Gasteiger partial charge in [-0.15, -0.1) is 0 Å². The summed E-state index contributed by atoms with van der Waals surface area (Å²) in [5.74, 6) is -0.371. The van der Waals surface area contributed by atoms with Crippen LogP contribution in [0.3, 0.4) is 0 Å². The molecule has 3 nitrogen and oxygen atoms in total. The average Bonchev–Trinajstić information content (AvgIpc) is 2.29. The van der Waals surface area contributed by atoms with Crippen LogP contribution in [-0.2, 0) is 10.1 Å². The first kappa shape index (κ1) is 21.9. The molecule has 0 aromatic carbocycles. The van der Waals surface area contributed by atoms with Crippen molar-refractivity contribution in [1.29, 1.82) is 0 Å². The summed E-state index contributed by atoms with van der Waals surface area (Å²) >= 11 is 0. The molecule has 0 aliphatic rings. The van der Waals surface area contributed by atoms with Gasteiger partial charge in [-0.25, -0.2) is 8.42 Å². The normalized spacial score (nSPS) is 11.7. The van der Waals surface area contributed by atoms with Gasteiger partial charge < -0.3 is 4.55 Å². The summed E-state index contributed by atoms with van der Waals surface area (Å²) in [5.41, 5.74) is 0. The zero-order valence-corrected chi connectivity index (χ0v) is 15.4. The SMILES string of the molecule is CCCCCCCCCCC/C=C\CS(=O)(=O)[O-].[Na+]. The van der Waals surface area contributed by atoms with Crippen molar-refractivity contribution in [2.45, 2.75) is 71.1 Å². The van der Waals surface area contributed by atoms with E-state index in [9.17, 15) is 13.0 Å². The summed E-state index contributed by atoms with van der Waals surface area (Å²) in [6.07, 6.45) is 15.7. The molecule has 19 heavy (non-hydrogen) atoms. The van der Waals surface area contributed by atoms with Gasteiger partial charge in [-0.2, -0.15) is 0 Å². The molecule has 0 heterocycles. The third-order valence-corrected chi connectivity index (χ3v) is 3.54. The van der Waals surface area contributed by atoms with E-state index in [0.29, 0.717) is 0 Å². The summed E-state index contributed by atoms with van der Waals surface area (Å²) in [5, 5.41) is 0. The van der Waals surface area contributed by atoms with Crippen molar-refractivity contribution in [3.05, 3.63) is 12.2 Å². The topological polar surface area (TPSA) is 57.2 Å². The molecule has 0 amide bonds. The second kappa shape index (κ2) is 15.0. The smallest absolute Gasteiger partial charge is 0.748 e. The van der Waals surface area contributed by atoms with E-state index in [0.717, 1.165) is 12.8 Å². The Kier molecular flexibility index (Phi) is 17.4. The second-order valence-electron chi connectivity index (χ2n) is 4.81. The Balaban J connectivity index is 0. The molecular weight excluding hydrogens is 271 g/mol. The fraction of sp³-hybridized carbons (Fsp3) is 0.857. The third kappa shape index (κ3) is 21.1. The molecule has 0 saturated heterocycles. The average molecular weight is 298 g/mol. The van der Waals surface area contributed by atoms with E-state index in [1.165, 1.54) is 57.4 Å². The van der Waals surface area contributed by atoms with Gasteiger partial charge in [0.15, 0.2) is 0 Å². The van der Waals surface area contributed by atoms with E-state index < -0.39 is 10.1 Å². The number of unbranched alkanes of at least 4 members (excludes halogenated alkanes) is 9. The van der Waals surface area contributed by atoms with Gasteiger partial charge in [0.05, 0.1) is 15.9 Å². The molecule has 0 rings (SSSR count). The number of rotatable bonds is 12. The Bertz CT molecular complexity index is 300. The molecule has 108 valence electrons. The predicted molar refractivity (Wildman–Crippen MR) is 75.5 cm³/mol. The predicted octanol–water partition coefficient (Wildman–Crippen LogP) is 1.01. The quantitative estimate of drug-likeness (QED) is 0.234. The summed E-state index contributed by atoms with van der Waals surface area (Å²) in [7, 11) is -4.07. The zero-order valence-electron chi connectivity index (χ0n) is 12.6. The zero-order chi connectivity index (χ0) is 13.7. The van der Waals surface area contributed by atoms with Gasteiger partial charge in [0.2, 0.25) is 0 Å². The fourth-order valence-electron chi connectivity index (χ4n) is 1.88. The molecule has 0 aromatic rings. The Morgan fingerprint density at radius 3 is 1.79 bits per heavy atom. The minimum atomic E-state index is -4.07. The standard InChI is InChI=1S/C14H28O3S.Na/c1-2-3-4-5-6-7-8-9-10-11-12-13-14-18(15,16)17;/h12-13H,2-11,14H2,1H3,(H,15,16,17);/q;+1/p-1/b13-12-;.